The number of hydrogen-bond acceptors (Lipinski definition) is 6. The van der Waals surface area contributed by atoms with Crippen LogP contribution in [0, 0.1) is 5.82 Å². The second-order valence-electron chi connectivity index (χ2n) is 6.81. The Morgan fingerprint density at radius 3 is 2.44 bits per heavy atom. The molecule has 0 saturated carbocycles. The number of halogens is 1. The Hall–Kier alpha value is -2.22. The van der Waals surface area contributed by atoms with Crippen LogP contribution in [0.25, 0.3) is 0 Å². The van der Waals surface area contributed by atoms with Crippen LogP contribution in [0.15, 0.2) is 39.5 Å². The summed E-state index contributed by atoms with van der Waals surface area (Å²) < 4.78 is 18.6. The number of aromatic hydroxyl groups is 1. The van der Waals surface area contributed by atoms with Gasteiger partial charge in [0.15, 0.2) is 5.76 Å². The Balaban J connectivity index is 1.43. The normalized spacial score (nSPS) is 14.7. The van der Waals surface area contributed by atoms with Gasteiger partial charge in [0.1, 0.15) is 11.6 Å². The zero-order chi connectivity index (χ0) is 19.1. The van der Waals surface area contributed by atoms with E-state index in [-0.39, 0.29) is 23.9 Å². The van der Waals surface area contributed by atoms with E-state index in [4.69, 9.17) is 4.42 Å². The molecule has 1 aliphatic heterocycles. The van der Waals surface area contributed by atoms with Crippen molar-refractivity contribution in [3.63, 3.8) is 0 Å². The highest BCUT2D eigenvalue weighted by Gasteiger charge is 2.16. The molecule has 1 fully saturated rings. The van der Waals surface area contributed by atoms with Crippen molar-refractivity contribution >= 4 is 0 Å². The molecule has 6 nitrogen and oxygen atoms in total. The highest BCUT2D eigenvalue weighted by molar-refractivity contribution is 5.25. The summed E-state index contributed by atoms with van der Waals surface area (Å²) in [6.07, 6.45) is 2.34. The molecule has 7 heteroatoms. The number of hydrogen-bond donors (Lipinski definition) is 3. The standard InChI is InChI=1S/C20H26FN3O3/c21-16-5-3-15(4-6-16)12-22-7-8-23-13-19-20(26)18(25)11-17(27-19)14-24-9-1-2-10-24/h3-6,11,22-23,26H,1-2,7-10,12-14H2. The Kier molecular flexibility index (Phi) is 6.98. The highest BCUT2D eigenvalue weighted by atomic mass is 19.1. The van der Waals surface area contributed by atoms with E-state index in [2.05, 4.69) is 15.5 Å². The predicted octanol–water partition coefficient (Wildman–Crippen LogP) is 1.96. The number of likely N-dealkylation sites (tertiary alicyclic amines) is 1. The van der Waals surface area contributed by atoms with Crippen molar-refractivity contribution in [3.05, 3.63) is 63.5 Å². The molecule has 1 aromatic carbocycles. The van der Waals surface area contributed by atoms with Crippen LogP contribution in [-0.2, 0) is 19.6 Å². The highest BCUT2D eigenvalue weighted by Crippen LogP contribution is 2.17. The first kappa shape index (κ1) is 19.5. The summed E-state index contributed by atoms with van der Waals surface area (Å²) in [7, 11) is 0. The number of benzene rings is 1. The molecule has 0 spiro atoms. The molecular weight excluding hydrogens is 349 g/mol. The van der Waals surface area contributed by atoms with Gasteiger partial charge in [-0.2, -0.15) is 0 Å². The Morgan fingerprint density at radius 2 is 1.74 bits per heavy atom. The molecule has 3 rings (SSSR count). The first-order valence-corrected chi connectivity index (χ1v) is 9.35. The fourth-order valence-electron chi connectivity index (χ4n) is 3.16. The second-order valence-corrected chi connectivity index (χ2v) is 6.81. The van der Waals surface area contributed by atoms with E-state index in [1.165, 1.54) is 31.0 Å². The SMILES string of the molecule is O=c1cc(CN2CCCC2)oc(CNCCNCc2ccc(F)cc2)c1O. The van der Waals surface area contributed by atoms with Gasteiger partial charge in [-0.15, -0.1) is 0 Å². The largest absolute Gasteiger partial charge is 0.502 e. The lowest BCUT2D eigenvalue weighted by Crippen LogP contribution is -2.27. The van der Waals surface area contributed by atoms with Crippen molar-refractivity contribution in [2.45, 2.75) is 32.5 Å². The van der Waals surface area contributed by atoms with Crippen molar-refractivity contribution in [1.29, 1.82) is 0 Å². The predicted molar refractivity (Wildman–Crippen MR) is 101 cm³/mol. The maximum Gasteiger partial charge on any atom is 0.227 e. The number of nitrogens with one attached hydrogen (secondary N) is 2. The number of rotatable bonds is 9. The van der Waals surface area contributed by atoms with Gasteiger partial charge in [-0.1, -0.05) is 12.1 Å². The minimum Gasteiger partial charge on any atom is -0.502 e. The molecule has 0 aliphatic carbocycles. The molecule has 0 amide bonds. The average Bonchev–Trinajstić information content (AvgIpc) is 3.16. The van der Waals surface area contributed by atoms with E-state index in [0.29, 0.717) is 31.9 Å². The van der Waals surface area contributed by atoms with E-state index in [1.54, 1.807) is 12.1 Å². The summed E-state index contributed by atoms with van der Waals surface area (Å²) in [5.41, 5.74) is 0.608. The first-order valence-electron chi connectivity index (χ1n) is 9.35. The molecule has 3 N–H and O–H groups in total. The molecular formula is C20H26FN3O3. The van der Waals surface area contributed by atoms with Gasteiger partial charge in [-0.3, -0.25) is 9.69 Å². The zero-order valence-corrected chi connectivity index (χ0v) is 15.3. The Labute approximate surface area is 158 Å². The van der Waals surface area contributed by atoms with E-state index < -0.39 is 5.43 Å². The molecule has 0 bridgehead atoms. The molecule has 2 aromatic rings. The van der Waals surface area contributed by atoms with Crippen LogP contribution in [0.2, 0.25) is 0 Å². The summed E-state index contributed by atoms with van der Waals surface area (Å²) in [5, 5.41) is 16.4. The topological polar surface area (TPSA) is 77.7 Å². The van der Waals surface area contributed by atoms with Gasteiger partial charge >= 0.3 is 0 Å². The van der Waals surface area contributed by atoms with Crippen LogP contribution in [0.1, 0.15) is 29.9 Å². The minimum absolute atomic E-state index is 0.242. The van der Waals surface area contributed by atoms with Crippen molar-refractivity contribution in [1.82, 2.24) is 15.5 Å². The molecule has 1 aromatic heterocycles. The zero-order valence-electron chi connectivity index (χ0n) is 15.3. The van der Waals surface area contributed by atoms with Crippen molar-refractivity contribution in [3.8, 4) is 5.75 Å². The average molecular weight is 375 g/mol. The summed E-state index contributed by atoms with van der Waals surface area (Å²) in [6.45, 7) is 4.88. The maximum absolute atomic E-state index is 12.9. The molecule has 146 valence electrons. The third-order valence-corrected chi connectivity index (χ3v) is 4.63. The second kappa shape index (κ2) is 9.64. The lowest BCUT2D eigenvalue weighted by molar-refractivity contribution is 0.279. The van der Waals surface area contributed by atoms with Gasteiger partial charge in [-0.05, 0) is 43.6 Å². The van der Waals surface area contributed by atoms with Crippen LogP contribution in [0.4, 0.5) is 4.39 Å². The summed E-state index contributed by atoms with van der Waals surface area (Å²) in [6, 6.07) is 7.74. The monoisotopic (exact) mass is 375 g/mol. The quantitative estimate of drug-likeness (QED) is 0.582. The fraction of sp³-hybridized carbons (Fsp3) is 0.450. The minimum atomic E-state index is -0.401. The van der Waals surface area contributed by atoms with Gasteiger partial charge in [0.2, 0.25) is 11.2 Å². The van der Waals surface area contributed by atoms with Gasteiger partial charge in [-0.25, -0.2) is 4.39 Å². The number of nitrogens with zero attached hydrogens (tertiary/aromatic N) is 1. The fourth-order valence-corrected chi connectivity index (χ4v) is 3.16. The summed E-state index contributed by atoms with van der Waals surface area (Å²) >= 11 is 0. The van der Waals surface area contributed by atoms with Gasteiger partial charge in [0, 0.05) is 25.7 Å². The van der Waals surface area contributed by atoms with Crippen molar-refractivity contribution < 1.29 is 13.9 Å². The molecule has 1 aliphatic rings. The Morgan fingerprint density at radius 1 is 1.07 bits per heavy atom. The first-order chi connectivity index (χ1) is 13.1. The maximum atomic E-state index is 12.9. The van der Waals surface area contributed by atoms with Gasteiger partial charge in [0.05, 0.1) is 13.1 Å². The molecule has 27 heavy (non-hydrogen) atoms. The molecule has 0 radical (unpaired) electrons. The van der Waals surface area contributed by atoms with Crippen LogP contribution >= 0.6 is 0 Å². The molecule has 2 heterocycles. The third kappa shape index (κ3) is 5.89. The molecule has 0 atom stereocenters. The van der Waals surface area contributed by atoms with Crippen molar-refractivity contribution in [2.75, 3.05) is 26.2 Å². The molecule has 0 unspecified atom stereocenters. The summed E-state index contributed by atoms with van der Waals surface area (Å²) in [4.78, 5) is 14.2. The van der Waals surface area contributed by atoms with Gasteiger partial charge < -0.3 is 20.2 Å². The van der Waals surface area contributed by atoms with Crippen LogP contribution in [-0.4, -0.2) is 36.2 Å². The van der Waals surface area contributed by atoms with Crippen molar-refractivity contribution in [2.24, 2.45) is 0 Å². The lowest BCUT2D eigenvalue weighted by Gasteiger charge is -2.14. The van der Waals surface area contributed by atoms with E-state index in [9.17, 15) is 14.3 Å². The van der Waals surface area contributed by atoms with Crippen LogP contribution < -0.4 is 16.1 Å². The smallest absolute Gasteiger partial charge is 0.227 e. The van der Waals surface area contributed by atoms with Crippen LogP contribution in [0.3, 0.4) is 0 Å². The Bertz CT molecular complexity index is 786. The van der Waals surface area contributed by atoms with Gasteiger partial charge in [0.25, 0.3) is 0 Å². The van der Waals surface area contributed by atoms with Crippen LogP contribution in [0.5, 0.6) is 5.75 Å². The van der Waals surface area contributed by atoms with E-state index in [1.807, 2.05) is 0 Å². The van der Waals surface area contributed by atoms with E-state index >= 15 is 0 Å². The molecule has 1 saturated heterocycles. The van der Waals surface area contributed by atoms with E-state index in [0.717, 1.165) is 18.7 Å². The lowest BCUT2D eigenvalue weighted by atomic mass is 10.2. The third-order valence-electron chi connectivity index (χ3n) is 4.63. The summed E-state index contributed by atoms with van der Waals surface area (Å²) in [5.74, 6) is 0.293.